The Bertz CT molecular complexity index is 1330. The van der Waals surface area contributed by atoms with E-state index < -0.39 is 15.7 Å². The topological polar surface area (TPSA) is 74.1 Å². The summed E-state index contributed by atoms with van der Waals surface area (Å²) < 4.78 is 44.7. The molecule has 2 aromatic carbocycles. The van der Waals surface area contributed by atoms with Crippen molar-refractivity contribution < 1.29 is 17.5 Å². The van der Waals surface area contributed by atoms with Gasteiger partial charge in [-0.3, -0.25) is 4.68 Å². The lowest BCUT2D eigenvalue weighted by atomic mass is 9.98. The Kier molecular flexibility index (Phi) is 4.58. The van der Waals surface area contributed by atoms with Crippen LogP contribution in [0.3, 0.4) is 0 Å². The molecule has 148 valence electrons. The van der Waals surface area contributed by atoms with Gasteiger partial charge in [0.05, 0.1) is 29.4 Å². The van der Waals surface area contributed by atoms with Crippen molar-refractivity contribution in [2.75, 3.05) is 13.4 Å². The molecule has 0 aliphatic rings. The molecule has 0 N–H and O–H groups in total. The second kappa shape index (κ2) is 6.97. The van der Waals surface area contributed by atoms with Crippen LogP contribution in [0.15, 0.2) is 59.8 Å². The highest BCUT2D eigenvalue weighted by Crippen LogP contribution is 2.35. The standard InChI is InChI=1S/C21H18FN3O3S/c1-25-12-14(11-23-25)19-9-16(13-4-6-15(7-5-13)29(3,26)27)17-8-18(22)21(28-2)10-20(17)24-19/h4-12H,1-3H3. The van der Waals surface area contributed by atoms with Gasteiger partial charge in [-0.1, -0.05) is 12.1 Å². The number of fused-ring (bicyclic) bond motifs is 1. The quantitative estimate of drug-likeness (QED) is 0.510. The smallest absolute Gasteiger partial charge is 0.175 e. The number of ether oxygens (including phenoxy) is 1. The summed E-state index contributed by atoms with van der Waals surface area (Å²) in [6.07, 6.45) is 4.70. The molecule has 8 heteroatoms. The predicted molar refractivity (Wildman–Crippen MR) is 109 cm³/mol. The van der Waals surface area contributed by atoms with Crippen LogP contribution in [0.1, 0.15) is 0 Å². The summed E-state index contributed by atoms with van der Waals surface area (Å²) in [5.41, 5.74) is 3.52. The van der Waals surface area contributed by atoms with Crippen molar-refractivity contribution in [2.45, 2.75) is 4.90 Å². The minimum atomic E-state index is -3.31. The minimum Gasteiger partial charge on any atom is -0.494 e. The third-order valence-corrected chi connectivity index (χ3v) is 5.80. The van der Waals surface area contributed by atoms with Crippen LogP contribution in [-0.2, 0) is 16.9 Å². The fourth-order valence-electron chi connectivity index (χ4n) is 3.21. The molecule has 0 bridgehead atoms. The van der Waals surface area contributed by atoms with E-state index in [4.69, 9.17) is 4.74 Å². The maximum absolute atomic E-state index is 14.4. The summed E-state index contributed by atoms with van der Waals surface area (Å²) in [5.74, 6) is -0.392. The van der Waals surface area contributed by atoms with E-state index >= 15 is 0 Å². The minimum absolute atomic E-state index is 0.103. The SMILES string of the molecule is COc1cc2nc(-c3cnn(C)c3)cc(-c3ccc(S(C)(=O)=O)cc3)c2cc1F. The van der Waals surface area contributed by atoms with Crippen LogP contribution in [-0.4, -0.2) is 36.5 Å². The van der Waals surface area contributed by atoms with E-state index in [1.54, 1.807) is 41.2 Å². The first-order valence-corrected chi connectivity index (χ1v) is 10.6. The number of aromatic nitrogens is 3. The lowest BCUT2D eigenvalue weighted by Gasteiger charge is -2.12. The van der Waals surface area contributed by atoms with Gasteiger partial charge in [0.2, 0.25) is 0 Å². The number of pyridine rings is 1. The number of benzene rings is 2. The van der Waals surface area contributed by atoms with Gasteiger partial charge in [-0.25, -0.2) is 17.8 Å². The van der Waals surface area contributed by atoms with Gasteiger partial charge in [-0.05, 0) is 35.4 Å². The summed E-state index contributed by atoms with van der Waals surface area (Å²) >= 11 is 0. The molecule has 0 fully saturated rings. The maximum atomic E-state index is 14.4. The van der Waals surface area contributed by atoms with Gasteiger partial charge in [0, 0.05) is 36.5 Å². The van der Waals surface area contributed by atoms with Crippen molar-refractivity contribution in [1.82, 2.24) is 14.8 Å². The van der Waals surface area contributed by atoms with Crippen molar-refractivity contribution in [2.24, 2.45) is 7.05 Å². The molecule has 4 aromatic rings. The number of hydrogen-bond donors (Lipinski definition) is 0. The highest BCUT2D eigenvalue weighted by Gasteiger charge is 2.15. The Hall–Kier alpha value is -3.26. The van der Waals surface area contributed by atoms with E-state index in [9.17, 15) is 12.8 Å². The van der Waals surface area contributed by atoms with Crippen LogP contribution in [0.5, 0.6) is 5.75 Å². The zero-order valence-electron chi connectivity index (χ0n) is 16.0. The van der Waals surface area contributed by atoms with Crippen molar-refractivity contribution >= 4 is 20.7 Å². The van der Waals surface area contributed by atoms with Gasteiger partial charge >= 0.3 is 0 Å². The van der Waals surface area contributed by atoms with Crippen LogP contribution in [0, 0.1) is 5.82 Å². The summed E-state index contributed by atoms with van der Waals surface area (Å²) in [6.45, 7) is 0. The van der Waals surface area contributed by atoms with E-state index in [-0.39, 0.29) is 10.6 Å². The number of halogens is 1. The molecule has 4 rings (SSSR count). The molecular formula is C21H18FN3O3S. The lowest BCUT2D eigenvalue weighted by Crippen LogP contribution is -1.97. The van der Waals surface area contributed by atoms with Gasteiger partial charge in [0.1, 0.15) is 0 Å². The Morgan fingerprint density at radius 2 is 1.79 bits per heavy atom. The summed E-state index contributed by atoms with van der Waals surface area (Å²) in [7, 11) is -0.0922. The summed E-state index contributed by atoms with van der Waals surface area (Å²) in [6, 6.07) is 11.3. The number of hydrogen-bond acceptors (Lipinski definition) is 5. The van der Waals surface area contributed by atoms with Crippen LogP contribution >= 0.6 is 0 Å². The number of methoxy groups -OCH3 is 1. The van der Waals surface area contributed by atoms with E-state index in [1.165, 1.54) is 13.2 Å². The fourth-order valence-corrected chi connectivity index (χ4v) is 3.84. The zero-order chi connectivity index (χ0) is 20.8. The first-order valence-electron chi connectivity index (χ1n) is 8.74. The average Bonchev–Trinajstić information content (AvgIpc) is 3.12. The van der Waals surface area contributed by atoms with Crippen LogP contribution in [0.2, 0.25) is 0 Å². The first kappa shape index (κ1) is 19.1. The highest BCUT2D eigenvalue weighted by molar-refractivity contribution is 7.90. The molecule has 0 saturated carbocycles. The molecular weight excluding hydrogens is 393 g/mol. The van der Waals surface area contributed by atoms with Gasteiger partial charge in [-0.2, -0.15) is 5.10 Å². The number of sulfone groups is 1. The van der Waals surface area contributed by atoms with Crippen molar-refractivity contribution in [3.05, 3.63) is 60.7 Å². The van der Waals surface area contributed by atoms with Gasteiger partial charge in [-0.15, -0.1) is 0 Å². The molecule has 0 unspecified atom stereocenters. The van der Waals surface area contributed by atoms with Gasteiger partial charge < -0.3 is 4.74 Å². The van der Waals surface area contributed by atoms with Crippen molar-refractivity contribution in [3.63, 3.8) is 0 Å². The summed E-state index contributed by atoms with van der Waals surface area (Å²) in [4.78, 5) is 4.88. The third kappa shape index (κ3) is 3.58. The average molecular weight is 411 g/mol. The van der Waals surface area contributed by atoms with Crippen molar-refractivity contribution in [3.8, 4) is 28.1 Å². The largest absolute Gasteiger partial charge is 0.494 e. The molecule has 0 amide bonds. The van der Waals surface area contributed by atoms with Crippen LogP contribution in [0.4, 0.5) is 4.39 Å². The lowest BCUT2D eigenvalue weighted by molar-refractivity contribution is 0.387. The van der Waals surface area contributed by atoms with Gasteiger partial charge in [0.15, 0.2) is 21.4 Å². The first-order chi connectivity index (χ1) is 13.8. The maximum Gasteiger partial charge on any atom is 0.175 e. The second-order valence-corrected chi connectivity index (χ2v) is 8.77. The van der Waals surface area contributed by atoms with Crippen LogP contribution < -0.4 is 4.74 Å². The Morgan fingerprint density at radius 3 is 2.38 bits per heavy atom. The fraction of sp³-hybridized carbons (Fsp3) is 0.143. The third-order valence-electron chi connectivity index (χ3n) is 4.68. The number of nitrogens with zero attached hydrogens (tertiary/aromatic N) is 3. The molecule has 0 spiro atoms. The predicted octanol–water partition coefficient (Wildman–Crippen LogP) is 3.85. The van der Waals surface area contributed by atoms with E-state index in [0.29, 0.717) is 16.6 Å². The monoisotopic (exact) mass is 411 g/mol. The number of rotatable bonds is 4. The molecule has 0 aliphatic heterocycles. The number of aryl methyl sites for hydroxylation is 1. The Balaban J connectivity index is 1.98. The molecule has 6 nitrogen and oxygen atoms in total. The molecule has 0 radical (unpaired) electrons. The normalized spacial score (nSPS) is 11.7. The molecule has 0 saturated heterocycles. The highest BCUT2D eigenvalue weighted by atomic mass is 32.2. The zero-order valence-corrected chi connectivity index (χ0v) is 16.9. The van der Waals surface area contributed by atoms with E-state index in [1.807, 2.05) is 19.3 Å². The van der Waals surface area contributed by atoms with Crippen molar-refractivity contribution in [1.29, 1.82) is 0 Å². The van der Waals surface area contributed by atoms with E-state index in [0.717, 1.165) is 22.9 Å². The Labute approximate surface area is 167 Å². The molecule has 0 aliphatic carbocycles. The molecule has 29 heavy (non-hydrogen) atoms. The summed E-state index contributed by atoms with van der Waals surface area (Å²) in [5, 5.41) is 4.79. The van der Waals surface area contributed by atoms with Crippen LogP contribution in [0.25, 0.3) is 33.3 Å². The van der Waals surface area contributed by atoms with E-state index in [2.05, 4.69) is 10.1 Å². The van der Waals surface area contributed by atoms with Gasteiger partial charge in [0.25, 0.3) is 0 Å². The molecule has 2 heterocycles. The Morgan fingerprint density at radius 1 is 1.07 bits per heavy atom. The molecule has 2 aromatic heterocycles. The molecule has 0 atom stereocenters. The second-order valence-electron chi connectivity index (χ2n) is 6.76.